The number of amides is 1. The quantitative estimate of drug-likeness (QED) is 0.849. The molecule has 1 atom stereocenters. The Morgan fingerprint density at radius 1 is 1.45 bits per heavy atom. The van der Waals surface area contributed by atoms with Crippen LogP contribution in [0.15, 0.2) is 18.2 Å². The summed E-state index contributed by atoms with van der Waals surface area (Å²) in [5, 5.41) is 0. The third-order valence-corrected chi connectivity index (χ3v) is 3.88. The molecule has 1 amide bonds. The highest BCUT2D eigenvalue weighted by Crippen LogP contribution is 2.21. The maximum absolute atomic E-state index is 12.6. The van der Waals surface area contributed by atoms with Gasteiger partial charge in [-0.05, 0) is 38.6 Å². The molecule has 1 unspecified atom stereocenters. The second kappa shape index (κ2) is 6.13. The average molecular weight is 277 g/mol. The lowest BCUT2D eigenvalue weighted by molar-refractivity contribution is 0.0643. The molecule has 1 aliphatic rings. The number of carbonyl (C=O) groups is 1. The summed E-state index contributed by atoms with van der Waals surface area (Å²) in [5.74, 6) is 0.610. The Morgan fingerprint density at radius 3 is 2.85 bits per heavy atom. The molecule has 0 aromatic heterocycles. The van der Waals surface area contributed by atoms with Gasteiger partial charge >= 0.3 is 0 Å². The fourth-order valence-corrected chi connectivity index (χ4v) is 2.69. The Hall–Kier alpha value is -1.75. The molecule has 0 spiro atoms. The minimum atomic E-state index is -0.00380. The number of benzene rings is 1. The van der Waals surface area contributed by atoms with Crippen LogP contribution in [0.25, 0.3) is 0 Å². The summed E-state index contributed by atoms with van der Waals surface area (Å²) in [4.78, 5) is 16.7. The predicted octanol–water partition coefficient (Wildman–Crippen LogP) is 1.44. The number of rotatable bonds is 3. The van der Waals surface area contributed by atoms with Crippen LogP contribution in [0.5, 0.6) is 5.75 Å². The van der Waals surface area contributed by atoms with Gasteiger partial charge < -0.3 is 20.3 Å². The lowest BCUT2D eigenvalue weighted by Crippen LogP contribution is -2.47. The molecule has 1 saturated heterocycles. The first-order valence-electron chi connectivity index (χ1n) is 6.91. The Labute approximate surface area is 120 Å². The van der Waals surface area contributed by atoms with Gasteiger partial charge in [-0.2, -0.15) is 0 Å². The fraction of sp³-hybridized carbons (Fsp3) is 0.533. The van der Waals surface area contributed by atoms with E-state index in [9.17, 15) is 4.79 Å². The van der Waals surface area contributed by atoms with Crippen molar-refractivity contribution in [3.05, 3.63) is 23.8 Å². The molecule has 1 heterocycles. The van der Waals surface area contributed by atoms with Crippen molar-refractivity contribution in [2.75, 3.05) is 40.0 Å². The maximum atomic E-state index is 12.6. The van der Waals surface area contributed by atoms with Crippen molar-refractivity contribution in [1.82, 2.24) is 9.80 Å². The molecule has 0 radical (unpaired) electrons. The summed E-state index contributed by atoms with van der Waals surface area (Å²) in [6, 6.07) is 5.41. The van der Waals surface area contributed by atoms with Crippen LogP contribution in [-0.4, -0.2) is 56.0 Å². The van der Waals surface area contributed by atoms with Crippen LogP contribution in [-0.2, 0) is 0 Å². The standard InChI is InChI=1S/C15H23N3O2/c1-17-6-4-5-13(10-17)18(2)15(19)11-7-12(16)9-14(8-11)20-3/h7-9,13H,4-6,10,16H2,1-3H3. The van der Waals surface area contributed by atoms with Crippen molar-refractivity contribution in [1.29, 1.82) is 0 Å². The Bertz CT molecular complexity index is 490. The first-order chi connectivity index (χ1) is 9.51. The van der Waals surface area contributed by atoms with Gasteiger partial charge in [-0.15, -0.1) is 0 Å². The fourth-order valence-electron chi connectivity index (χ4n) is 2.69. The lowest BCUT2D eigenvalue weighted by Gasteiger charge is -2.36. The van der Waals surface area contributed by atoms with Gasteiger partial charge in [0.15, 0.2) is 0 Å². The van der Waals surface area contributed by atoms with Gasteiger partial charge in [0.1, 0.15) is 5.75 Å². The summed E-state index contributed by atoms with van der Waals surface area (Å²) in [5.41, 5.74) is 6.94. The summed E-state index contributed by atoms with van der Waals surface area (Å²) in [6.07, 6.45) is 2.17. The molecule has 2 N–H and O–H groups in total. The van der Waals surface area contributed by atoms with E-state index < -0.39 is 0 Å². The highest BCUT2D eigenvalue weighted by Gasteiger charge is 2.25. The van der Waals surface area contributed by atoms with E-state index in [-0.39, 0.29) is 11.9 Å². The van der Waals surface area contributed by atoms with E-state index in [0.29, 0.717) is 17.0 Å². The van der Waals surface area contributed by atoms with Crippen LogP contribution in [0.1, 0.15) is 23.2 Å². The smallest absolute Gasteiger partial charge is 0.254 e. The minimum Gasteiger partial charge on any atom is -0.497 e. The molecule has 0 bridgehead atoms. The number of likely N-dealkylation sites (N-methyl/N-ethyl adjacent to an activating group) is 2. The number of nitrogen functional groups attached to an aromatic ring is 1. The van der Waals surface area contributed by atoms with Gasteiger partial charge in [0, 0.05) is 37.0 Å². The number of likely N-dealkylation sites (tertiary alicyclic amines) is 1. The van der Waals surface area contributed by atoms with E-state index in [1.54, 1.807) is 25.3 Å². The number of methoxy groups -OCH3 is 1. The van der Waals surface area contributed by atoms with Crippen molar-refractivity contribution >= 4 is 11.6 Å². The second-order valence-electron chi connectivity index (χ2n) is 5.47. The highest BCUT2D eigenvalue weighted by molar-refractivity contribution is 5.95. The Kier molecular flexibility index (Phi) is 4.49. The maximum Gasteiger partial charge on any atom is 0.254 e. The molecule has 20 heavy (non-hydrogen) atoms. The molecule has 0 saturated carbocycles. The van der Waals surface area contributed by atoms with Gasteiger partial charge in [0.2, 0.25) is 0 Å². The van der Waals surface area contributed by atoms with Crippen molar-refractivity contribution in [2.45, 2.75) is 18.9 Å². The first-order valence-corrected chi connectivity index (χ1v) is 6.91. The zero-order chi connectivity index (χ0) is 14.7. The van der Waals surface area contributed by atoms with Gasteiger partial charge in [0.05, 0.1) is 7.11 Å². The number of hydrogen-bond acceptors (Lipinski definition) is 4. The Balaban J connectivity index is 2.15. The number of hydrogen-bond donors (Lipinski definition) is 1. The first kappa shape index (κ1) is 14.7. The summed E-state index contributed by atoms with van der Waals surface area (Å²) in [6.45, 7) is 2.02. The van der Waals surface area contributed by atoms with Crippen LogP contribution in [0.2, 0.25) is 0 Å². The second-order valence-corrected chi connectivity index (χ2v) is 5.47. The number of piperidine rings is 1. The molecule has 1 fully saturated rings. The summed E-state index contributed by atoms with van der Waals surface area (Å²) >= 11 is 0. The minimum absolute atomic E-state index is 0.00380. The zero-order valence-corrected chi connectivity index (χ0v) is 12.4. The van der Waals surface area contributed by atoms with E-state index >= 15 is 0 Å². The van der Waals surface area contributed by atoms with Gasteiger partial charge in [-0.3, -0.25) is 4.79 Å². The molecule has 0 aliphatic carbocycles. The van der Waals surface area contributed by atoms with Crippen molar-refractivity contribution in [3.8, 4) is 5.75 Å². The van der Waals surface area contributed by atoms with Gasteiger partial charge in [-0.25, -0.2) is 0 Å². The molecule has 5 nitrogen and oxygen atoms in total. The number of anilines is 1. The topological polar surface area (TPSA) is 58.8 Å². The molecular formula is C15H23N3O2. The van der Waals surface area contributed by atoms with Crippen LogP contribution in [0.4, 0.5) is 5.69 Å². The number of ether oxygens (including phenoxy) is 1. The lowest BCUT2D eigenvalue weighted by atomic mass is 10.0. The third kappa shape index (κ3) is 3.22. The van der Waals surface area contributed by atoms with Gasteiger partial charge in [0.25, 0.3) is 5.91 Å². The van der Waals surface area contributed by atoms with Crippen LogP contribution < -0.4 is 10.5 Å². The number of nitrogens with zero attached hydrogens (tertiary/aromatic N) is 2. The van der Waals surface area contributed by atoms with E-state index in [1.165, 1.54) is 0 Å². The average Bonchev–Trinajstić information content (AvgIpc) is 2.45. The molecule has 1 aliphatic heterocycles. The van der Waals surface area contributed by atoms with E-state index in [1.807, 2.05) is 11.9 Å². The van der Waals surface area contributed by atoms with Crippen molar-refractivity contribution in [2.24, 2.45) is 0 Å². The van der Waals surface area contributed by atoms with Crippen LogP contribution in [0, 0.1) is 0 Å². The zero-order valence-electron chi connectivity index (χ0n) is 12.4. The van der Waals surface area contributed by atoms with Crippen LogP contribution in [0.3, 0.4) is 0 Å². The highest BCUT2D eigenvalue weighted by atomic mass is 16.5. The molecule has 1 aromatic rings. The summed E-state index contributed by atoms with van der Waals surface area (Å²) in [7, 11) is 5.53. The molecule has 2 rings (SSSR count). The number of nitrogens with two attached hydrogens (primary N) is 1. The monoisotopic (exact) mass is 277 g/mol. The molecule has 1 aromatic carbocycles. The number of carbonyl (C=O) groups excluding carboxylic acids is 1. The van der Waals surface area contributed by atoms with E-state index in [2.05, 4.69) is 11.9 Å². The largest absolute Gasteiger partial charge is 0.497 e. The Morgan fingerprint density at radius 2 is 2.20 bits per heavy atom. The molecule has 110 valence electrons. The van der Waals surface area contributed by atoms with Crippen LogP contribution >= 0.6 is 0 Å². The van der Waals surface area contributed by atoms with Gasteiger partial charge in [-0.1, -0.05) is 0 Å². The molecular weight excluding hydrogens is 254 g/mol. The SMILES string of the molecule is COc1cc(N)cc(C(=O)N(C)C2CCCN(C)C2)c1. The normalized spacial score (nSPS) is 19.6. The van der Waals surface area contributed by atoms with Crippen molar-refractivity contribution < 1.29 is 9.53 Å². The van der Waals surface area contributed by atoms with Crippen molar-refractivity contribution in [3.63, 3.8) is 0 Å². The molecule has 5 heteroatoms. The third-order valence-electron chi connectivity index (χ3n) is 3.88. The van der Waals surface area contributed by atoms with E-state index in [4.69, 9.17) is 10.5 Å². The summed E-state index contributed by atoms with van der Waals surface area (Å²) < 4.78 is 5.17. The predicted molar refractivity (Wildman–Crippen MR) is 80.0 cm³/mol. The van der Waals surface area contributed by atoms with E-state index in [0.717, 1.165) is 25.9 Å².